The summed E-state index contributed by atoms with van der Waals surface area (Å²) < 4.78 is 52.5. The van der Waals surface area contributed by atoms with Gasteiger partial charge in [0.2, 0.25) is 0 Å². The predicted molar refractivity (Wildman–Crippen MR) is 139 cm³/mol. The quantitative estimate of drug-likeness (QED) is 0.0952. The van der Waals surface area contributed by atoms with Crippen molar-refractivity contribution in [2.45, 2.75) is 120 Å². The smallest absolute Gasteiger partial charge is 0.187 e. The minimum atomic E-state index is -1.78. The minimum Gasteiger partial charge on any atom is -0.394 e. The maximum absolute atomic E-state index is 11.1. The van der Waals surface area contributed by atoms with Crippen LogP contribution in [0.1, 0.15) is 27.7 Å². The van der Waals surface area contributed by atoms with E-state index in [0.29, 0.717) is 19.8 Å². The molecule has 3 heterocycles. The Morgan fingerprint density at radius 2 is 1.00 bits per heavy atom. The van der Waals surface area contributed by atoms with E-state index >= 15 is 0 Å². The summed E-state index contributed by atoms with van der Waals surface area (Å²) >= 11 is 0. The lowest BCUT2D eigenvalue weighted by Gasteiger charge is -2.49. The normalized spacial score (nSPS) is 44.8. The molecule has 3 fully saturated rings. The summed E-state index contributed by atoms with van der Waals surface area (Å²) in [5.41, 5.74) is 0. The molecule has 15 atom stereocenters. The molecule has 0 radical (unpaired) electrons. The topological polar surface area (TPSA) is 225 Å². The first kappa shape index (κ1) is 35.8. The Kier molecular flexibility index (Phi) is 14.6. The Morgan fingerprint density at radius 1 is 0.476 bits per heavy atom. The summed E-state index contributed by atoms with van der Waals surface area (Å²) in [6.45, 7) is 7.20. The van der Waals surface area contributed by atoms with Crippen LogP contribution in [0.2, 0.25) is 0 Å². The molecule has 3 saturated heterocycles. The number of hydrogen-bond donors (Lipinski definition) is 7. The molecule has 0 amide bonds. The summed E-state index contributed by atoms with van der Waals surface area (Å²) in [6, 6.07) is 0. The molecule has 3 aliphatic rings. The van der Waals surface area contributed by atoms with Crippen LogP contribution in [-0.4, -0.2) is 174 Å². The number of hydrogen-bond acceptors (Lipinski definition) is 16. The van der Waals surface area contributed by atoms with Gasteiger partial charge >= 0.3 is 0 Å². The summed E-state index contributed by atoms with van der Waals surface area (Å²) in [5.74, 6) is 0. The lowest BCUT2D eigenvalue weighted by molar-refractivity contribution is -0.382. The number of aliphatic hydroxyl groups is 7. The Hall–Kier alpha value is -0.640. The molecule has 0 saturated carbocycles. The van der Waals surface area contributed by atoms with E-state index in [9.17, 15) is 35.7 Å². The van der Waals surface area contributed by atoms with E-state index in [1.165, 1.54) is 0 Å². The number of rotatable bonds is 15. The minimum absolute atomic E-state index is 0.0742. The van der Waals surface area contributed by atoms with Gasteiger partial charge in [0, 0.05) is 26.4 Å². The molecule has 42 heavy (non-hydrogen) atoms. The fourth-order valence-corrected chi connectivity index (χ4v) is 5.28. The fourth-order valence-electron chi connectivity index (χ4n) is 5.28. The van der Waals surface area contributed by atoms with E-state index in [-0.39, 0.29) is 13.2 Å². The maximum Gasteiger partial charge on any atom is 0.187 e. The van der Waals surface area contributed by atoms with Crippen LogP contribution < -0.4 is 0 Å². The van der Waals surface area contributed by atoms with Crippen molar-refractivity contribution in [3.63, 3.8) is 0 Å². The third-order valence-corrected chi connectivity index (χ3v) is 7.38. The van der Waals surface area contributed by atoms with Crippen molar-refractivity contribution in [3.8, 4) is 0 Å². The highest BCUT2D eigenvalue weighted by Crippen LogP contribution is 2.34. The third-order valence-electron chi connectivity index (χ3n) is 7.38. The lowest BCUT2D eigenvalue weighted by Crippen LogP contribution is -2.67. The average molecular weight is 617 g/mol. The van der Waals surface area contributed by atoms with Crippen molar-refractivity contribution in [2.75, 3.05) is 46.2 Å². The second-order valence-electron chi connectivity index (χ2n) is 10.1. The standard InChI is InChI=1S/C26H48O16/c1-5-34-11-14-21(22(35-6-2)23(36-7-3)26(40-14)37-8-4)42-25-19(33)17(31)20(13(10-28)39-25)41-24-18(32)16(30)15(29)12(9-27)38-24/h12-33H,5-11H2,1-4H3/t12-,13-,14-,15-,16+,17-,18-,19-,20-,21-,22+,23-,24+,25-,26+/m1/s1. The van der Waals surface area contributed by atoms with Gasteiger partial charge in [0.1, 0.15) is 73.2 Å². The molecule has 16 nitrogen and oxygen atoms in total. The Labute approximate surface area is 244 Å². The zero-order valence-corrected chi connectivity index (χ0v) is 24.4. The molecule has 3 rings (SSSR count). The number of aliphatic hydroxyl groups excluding tert-OH is 7. The molecule has 0 bridgehead atoms. The van der Waals surface area contributed by atoms with Crippen LogP contribution in [0.25, 0.3) is 0 Å². The van der Waals surface area contributed by atoms with Gasteiger partial charge in [-0.15, -0.1) is 0 Å². The Bertz CT molecular complexity index is 760. The summed E-state index contributed by atoms with van der Waals surface area (Å²) in [5, 5.41) is 72.1. The molecular weight excluding hydrogens is 568 g/mol. The van der Waals surface area contributed by atoms with Crippen LogP contribution in [-0.2, 0) is 42.6 Å². The molecule has 0 aromatic heterocycles. The van der Waals surface area contributed by atoms with Gasteiger partial charge in [-0.3, -0.25) is 0 Å². The van der Waals surface area contributed by atoms with Gasteiger partial charge < -0.3 is 78.4 Å². The first-order valence-corrected chi connectivity index (χ1v) is 14.5. The summed E-state index contributed by atoms with van der Waals surface area (Å²) in [4.78, 5) is 0. The van der Waals surface area contributed by atoms with Crippen LogP contribution in [0.5, 0.6) is 0 Å². The third kappa shape index (κ3) is 8.14. The highest BCUT2D eigenvalue weighted by atomic mass is 16.8. The number of ether oxygens (including phenoxy) is 9. The van der Waals surface area contributed by atoms with Crippen molar-refractivity contribution < 1.29 is 78.4 Å². The van der Waals surface area contributed by atoms with Gasteiger partial charge in [-0.05, 0) is 27.7 Å². The Balaban J connectivity index is 1.82. The van der Waals surface area contributed by atoms with Gasteiger partial charge in [0.25, 0.3) is 0 Å². The van der Waals surface area contributed by atoms with Crippen LogP contribution in [0.4, 0.5) is 0 Å². The van der Waals surface area contributed by atoms with Gasteiger partial charge in [0.05, 0.1) is 19.8 Å². The molecule has 0 unspecified atom stereocenters. The van der Waals surface area contributed by atoms with E-state index in [1.807, 2.05) is 13.8 Å². The van der Waals surface area contributed by atoms with Crippen LogP contribution >= 0.6 is 0 Å². The zero-order valence-electron chi connectivity index (χ0n) is 24.4. The summed E-state index contributed by atoms with van der Waals surface area (Å²) in [6.07, 6.45) is -19.8. The van der Waals surface area contributed by atoms with Crippen molar-refractivity contribution in [2.24, 2.45) is 0 Å². The molecule has 3 aliphatic heterocycles. The monoisotopic (exact) mass is 616 g/mol. The molecule has 0 aromatic carbocycles. The molecular formula is C26H48O16. The zero-order chi connectivity index (χ0) is 31.0. The van der Waals surface area contributed by atoms with Gasteiger partial charge in [-0.2, -0.15) is 0 Å². The van der Waals surface area contributed by atoms with Gasteiger partial charge in [0.15, 0.2) is 18.9 Å². The maximum atomic E-state index is 11.1. The van der Waals surface area contributed by atoms with E-state index < -0.39 is 105 Å². The van der Waals surface area contributed by atoms with Crippen LogP contribution in [0.3, 0.4) is 0 Å². The summed E-state index contributed by atoms with van der Waals surface area (Å²) in [7, 11) is 0. The van der Waals surface area contributed by atoms with E-state index in [4.69, 9.17) is 42.6 Å². The molecule has 248 valence electrons. The van der Waals surface area contributed by atoms with E-state index in [0.717, 1.165) is 0 Å². The van der Waals surface area contributed by atoms with Crippen molar-refractivity contribution in [3.05, 3.63) is 0 Å². The van der Waals surface area contributed by atoms with Crippen LogP contribution in [0.15, 0.2) is 0 Å². The predicted octanol–water partition coefficient (Wildman–Crippen LogP) is -3.40. The molecule has 16 heteroatoms. The van der Waals surface area contributed by atoms with E-state index in [2.05, 4.69) is 0 Å². The Morgan fingerprint density at radius 3 is 1.57 bits per heavy atom. The van der Waals surface area contributed by atoms with Gasteiger partial charge in [-0.1, -0.05) is 0 Å². The SMILES string of the molecule is CCOC[C@H]1O[C@H](OCC)[C@H](OCC)[C@@H](OCC)[C@@H]1O[C@H]1O[C@H](CO)[C@@H](O[C@@H]2O[C@H](CO)[C@@H](O)[C@H](O)[C@H]2O)[C@H](O)[C@H]1O. The van der Waals surface area contributed by atoms with E-state index in [1.54, 1.807) is 13.8 Å². The highest BCUT2D eigenvalue weighted by molar-refractivity contribution is 4.97. The first-order chi connectivity index (χ1) is 20.2. The van der Waals surface area contributed by atoms with Crippen molar-refractivity contribution >= 4 is 0 Å². The average Bonchev–Trinajstić information content (AvgIpc) is 2.98. The van der Waals surface area contributed by atoms with Crippen LogP contribution in [0, 0.1) is 0 Å². The molecule has 0 aliphatic carbocycles. The second-order valence-corrected chi connectivity index (χ2v) is 10.1. The molecule has 0 spiro atoms. The first-order valence-electron chi connectivity index (χ1n) is 14.5. The van der Waals surface area contributed by atoms with Crippen molar-refractivity contribution in [1.82, 2.24) is 0 Å². The molecule has 7 N–H and O–H groups in total. The largest absolute Gasteiger partial charge is 0.394 e. The lowest BCUT2D eigenvalue weighted by atomic mass is 9.96. The fraction of sp³-hybridized carbons (Fsp3) is 1.00. The van der Waals surface area contributed by atoms with Crippen molar-refractivity contribution in [1.29, 1.82) is 0 Å². The second kappa shape index (κ2) is 17.2. The molecule has 0 aromatic rings. The van der Waals surface area contributed by atoms with Gasteiger partial charge in [-0.25, -0.2) is 0 Å². The highest BCUT2D eigenvalue weighted by Gasteiger charge is 2.54.